The van der Waals surface area contributed by atoms with E-state index >= 15 is 0 Å². The number of hydrogen-bond acceptors (Lipinski definition) is 3. The third-order valence-electron chi connectivity index (χ3n) is 5.68. The fraction of sp³-hybridized carbons (Fsp3) is 0.185. The van der Waals surface area contributed by atoms with Crippen LogP contribution in [0.15, 0.2) is 96.3 Å². The topological polar surface area (TPSA) is 70.7 Å². The molecule has 0 aliphatic rings. The number of aryl methyl sites for hydroxylation is 1. The Labute approximate surface area is 198 Å². The summed E-state index contributed by atoms with van der Waals surface area (Å²) in [7, 11) is 1.94. The van der Waals surface area contributed by atoms with Gasteiger partial charge >= 0.3 is 6.03 Å². The van der Waals surface area contributed by atoms with Gasteiger partial charge in [0.2, 0.25) is 5.91 Å². The van der Waals surface area contributed by atoms with E-state index < -0.39 is 0 Å². The maximum atomic E-state index is 13.4. The Hall–Kier alpha value is -4.26. The Balaban J connectivity index is 1.51. The van der Waals surface area contributed by atoms with Crippen molar-refractivity contribution in [2.75, 3.05) is 18.4 Å². The number of hydrogen-bond donors (Lipinski definition) is 1. The number of nitrogens with zero attached hydrogens (tertiary/aromatic N) is 3. The number of benzene rings is 2. The van der Waals surface area contributed by atoms with Gasteiger partial charge in [-0.2, -0.15) is 0 Å². The monoisotopic (exact) mass is 456 g/mol. The largest absolute Gasteiger partial charge is 0.467 e. The number of aromatic nitrogens is 1. The summed E-state index contributed by atoms with van der Waals surface area (Å²) in [4.78, 5) is 29.7. The van der Waals surface area contributed by atoms with Crippen molar-refractivity contribution in [3.63, 3.8) is 0 Å². The maximum Gasteiger partial charge on any atom is 0.322 e. The first-order chi connectivity index (χ1) is 16.5. The first-order valence-corrected chi connectivity index (χ1v) is 11.1. The molecule has 4 aromatic rings. The van der Waals surface area contributed by atoms with Gasteiger partial charge in [0.05, 0.1) is 25.0 Å². The summed E-state index contributed by atoms with van der Waals surface area (Å²) in [5.41, 5.74) is 1.68. The molecule has 0 aliphatic carbocycles. The number of carbonyl (C=O) groups is 2. The van der Waals surface area contributed by atoms with Gasteiger partial charge in [0.15, 0.2) is 0 Å². The number of carbonyl (C=O) groups excluding carboxylic acids is 2. The summed E-state index contributed by atoms with van der Waals surface area (Å²) in [6, 6.07) is 20.7. The average Bonchev–Trinajstić information content (AvgIpc) is 3.50. The molecule has 4 rings (SSSR count). The molecule has 3 amide bonds. The molecule has 7 nitrogen and oxygen atoms in total. The lowest BCUT2D eigenvalue weighted by Gasteiger charge is -2.27. The van der Waals surface area contributed by atoms with Gasteiger partial charge in [-0.15, -0.1) is 6.58 Å². The van der Waals surface area contributed by atoms with Gasteiger partial charge in [0.25, 0.3) is 0 Å². The van der Waals surface area contributed by atoms with Crippen molar-refractivity contribution in [3.8, 4) is 0 Å². The molecule has 174 valence electrons. The van der Waals surface area contributed by atoms with Crippen LogP contribution in [0.5, 0.6) is 0 Å². The smallest absolute Gasteiger partial charge is 0.322 e. The second kappa shape index (κ2) is 10.6. The third-order valence-corrected chi connectivity index (χ3v) is 5.68. The van der Waals surface area contributed by atoms with Crippen LogP contribution in [0.4, 0.5) is 10.5 Å². The van der Waals surface area contributed by atoms with Crippen LogP contribution in [-0.4, -0.2) is 39.4 Å². The zero-order valence-corrected chi connectivity index (χ0v) is 19.2. The van der Waals surface area contributed by atoms with E-state index in [1.807, 2.05) is 78.5 Å². The van der Waals surface area contributed by atoms with Crippen LogP contribution >= 0.6 is 0 Å². The number of anilines is 1. The van der Waals surface area contributed by atoms with Crippen LogP contribution < -0.4 is 5.32 Å². The highest BCUT2D eigenvalue weighted by molar-refractivity contribution is 6.02. The Morgan fingerprint density at radius 2 is 1.82 bits per heavy atom. The zero-order valence-electron chi connectivity index (χ0n) is 19.2. The van der Waals surface area contributed by atoms with Gasteiger partial charge in [0.1, 0.15) is 12.3 Å². The van der Waals surface area contributed by atoms with Crippen LogP contribution in [0.3, 0.4) is 0 Å². The highest BCUT2D eigenvalue weighted by atomic mass is 16.3. The van der Waals surface area contributed by atoms with Gasteiger partial charge in [0, 0.05) is 30.9 Å². The molecule has 0 fully saturated rings. The molecule has 0 aliphatic heterocycles. The summed E-state index contributed by atoms with van der Waals surface area (Å²) in [5.74, 6) is 0.491. The molecular weight excluding hydrogens is 428 g/mol. The minimum atomic E-state index is -0.360. The first kappa shape index (κ1) is 22.9. The molecule has 1 N–H and O–H groups in total. The third kappa shape index (κ3) is 5.38. The Bertz CT molecular complexity index is 1270. The van der Waals surface area contributed by atoms with Crippen molar-refractivity contribution < 1.29 is 14.0 Å². The number of fused-ring (bicyclic) bond motifs is 1. The van der Waals surface area contributed by atoms with E-state index in [9.17, 15) is 9.59 Å². The summed E-state index contributed by atoms with van der Waals surface area (Å²) in [5, 5.41) is 4.92. The van der Waals surface area contributed by atoms with Crippen LogP contribution in [0.2, 0.25) is 0 Å². The molecule has 2 heterocycles. The Kier molecular flexibility index (Phi) is 7.13. The second-order valence-corrected chi connectivity index (χ2v) is 8.07. The van der Waals surface area contributed by atoms with Gasteiger partial charge in [-0.25, -0.2) is 4.79 Å². The van der Waals surface area contributed by atoms with E-state index in [1.54, 1.807) is 23.3 Å². The molecule has 0 atom stereocenters. The summed E-state index contributed by atoms with van der Waals surface area (Å²) < 4.78 is 7.44. The van der Waals surface area contributed by atoms with E-state index in [-0.39, 0.29) is 25.0 Å². The van der Waals surface area contributed by atoms with Gasteiger partial charge in [-0.3, -0.25) is 4.79 Å². The lowest BCUT2D eigenvalue weighted by molar-refractivity contribution is -0.133. The molecule has 0 saturated heterocycles. The van der Waals surface area contributed by atoms with Crippen molar-refractivity contribution in [2.45, 2.75) is 13.1 Å². The van der Waals surface area contributed by atoms with E-state index in [0.717, 1.165) is 16.5 Å². The second-order valence-electron chi connectivity index (χ2n) is 8.07. The molecule has 0 radical (unpaired) electrons. The SMILES string of the molecule is C=CCN(CC(=O)N(Cc1ccco1)Cc1cccn1C)C(=O)Nc1cccc2ccccc12. The fourth-order valence-corrected chi connectivity index (χ4v) is 3.85. The minimum absolute atomic E-state index is 0.0895. The molecular formula is C27H28N4O3. The van der Waals surface area contributed by atoms with Crippen LogP contribution in [0.1, 0.15) is 11.5 Å². The number of urea groups is 1. The van der Waals surface area contributed by atoms with Crippen LogP contribution in [0, 0.1) is 0 Å². The van der Waals surface area contributed by atoms with Crippen molar-refractivity contribution in [3.05, 3.63) is 103 Å². The number of rotatable bonds is 9. The van der Waals surface area contributed by atoms with Crippen molar-refractivity contribution >= 4 is 28.4 Å². The van der Waals surface area contributed by atoms with Crippen molar-refractivity contribution in [2.24, 2.45) is 7.05 Å². The highest BCUT2D eigenvalue weighted by Gasteiger charge is 2.23. The number of nitrogens with one attached hydrogen (secondary N) is 1. The highest BCUT2D eigenvalue weighted by Crippen LogP contribution is 2.23. The molecule has 0 saturated carbocycles. The van der Waals surface area contributed by atoms with Crippen molar-refractivity contribution in [1.82, 2.24) is 14.4 Å². The minimum Gasteiger partial charge on any atom is -0.467 e. The maximum absolute atomic E-state index is 13.4. The molecule has 0 bridgehead atoms. The van der Waals surface area contributed by atoms with E-state index in [2.05, 4.69) is 11.9 Å². The van der Waals surface area contributed by atoms with Crippen LogP contribution in [0.25, 0.3) is 10.8 Å². The predicted octanol–water partition coefficient (Wildman–Crippen LogP) is 5.02. The van der Waals surface area contributed by atoms with E-state index in [1.165, 1.54) is 4.90 Å². The van der Waals surface area contributed by atoms with Gasteiger partial charge in [-0.05, 0) is 35.7 Å². The van der Waals surface area contributed by atoms with Gasteiger partial charge in [-0.1, -0.05) is 42.5 Å². The molecule has 2 aromatic carbocycles. The Morgan fingerprint density at radius 1 is 1.00 bits per heavy atom. The first-order valence-electron chi connectivity index (χ1n) is 11.1. The summed E-state index contributed by atoms with van der Waals surface area (Å²) >= 11 is 0. The van der Waals surface area contributed by atoms with Crippen molar-refractivity contribution in [1.29, 1.82) is 0 Å². The fourth-order valence-electron chi connectivity index (χ4n) is 3.85. The lowest BCUT2D eigenvalue weighted by atomic mass is 10.1. The zero-order chi connectivity index (χ0) is 23.9. The molecule has 2 aromatic heterocycles. The molecule has 0 spiro atoms. The molecule has 34 heavy (non-hydrogen) atoms. The quantitative estimate of drug-likeness (QED) is 0.360. The Morgan fingerprint density at radius 3 is 2.56 bits per heavy atom. The van der Waals surface area contributed by atoms with E-state index in [0.29, 0.717) is 24.5 Å². The lowest BCUT2D eigenvalue weighted by Crippen LogP contribution is -2.44. The normalized spacial score (nSPS) is 10.7. The number of furan rings is 1. The standard InChI is InChI=1S/C27H28N4O3/c1-3-15-30(27(33)28-25-14-6-10-21-9-4-5-13-24(21)25)20-26(32)31(19-23-12-8-17-34-23)18-22-11-7-16-29(22)2/h3-14,16-17H,1,15,18-20H2,2H3,(H,28,33). The molecule has 0 unspecified atom stereocenters. The van der Waals surface area contributed by atoms with Gasteiger partial charge < -0.3 is 24.1 Å². The average molecular weight is 457 g/mol. The number of amides is 3. The van der Waals surface area contributed by atoms with E-state index in [4.69, 9.17) is 4.42 Å². The molecule has 7 heteroatoms. The summed E-state index contributed by atoms with van der Waals surface area (Å²) in [6.45, 7) is 4.62. The van der Waals surface area contributed by atoms with Crippen LogP contribution in [-0.2, 0) is 24.9 Å². The summed E-state index contributed by atoms with van der Waals surface area (Å²) in [6.07, 6.45) is 5.14. The predicted molar refractivity (Wildman–Crippen MR) is 133 cm³/mol.